The van der Waals surface area contributed by atoms with E-state index < -0.39 is 0 Å². The van der Waals surface area contributed by atoms with Crippen molar-refractivity contribution in [1.82, 2.24) is 30.1 Å². The molecule has 0 spiro atoms. The molecule has 0 bridgehead atoms. The molecule has 1 fully saturated rings. The molecule has 8 nitrogen and oxygen atoms in total. The summed E-state index contributed by atoms with van der Waals surface area (Å²) in [5.41, 5.74) is 6.07. The van der Waals surface area contributed by atoms with Gasteiger partial charge in [0.05, 0.1) is 28.3 Å². The van der Waals surface area contributed by atoms with Crippen LogP contribution in [0.5, 0.6) is 0 Å². The molecule has 1 saturated carbocycles. The Morgan fingerprint density at radius 1 is 1.05 bits per heavy atom. The zero-order chi connectivity index (χ0) is 25.6. The number of anilines is 1. The second-order valence-electron chi connectivity index (χ2n) is 9.52. The number of hydrogen-bond donors (Lipinski definition) is 3. The predicted molar refractivity (Wildman–Crippen MR) is 146 cm³/mol. The molecule has 5 heterocycles. The van der Waals surface area contributed by atoms with Crippen molar-refractivity contribution >= 4 is 45.0 Å². The SMILES string of the molecule is O=C(Nc1cncc(-c2cnc3n[nH]c(-c4nc5c(-c6ccc(F)s6)cccc5[nH]4)c3c2)c1)C1CCCC1. The zero-order valence-corrected chi connectivity index (χ0v) is 21.0. The summed E-state index contributed by atoms with van der Waals surface area (Å²) >= 11 is 1.09. The van der Waals surface area contributed by atoms with Gasteiger partial charge in [0.2, 0.25) is 5.91 Å². The van der Waals surface area contributed by atoms with Gasteiger partial charge in [-0.05, 0) is 43.2 Å². The number of amides is 1. The number of rotatable bonds is 5. The van der Waals surface area contributed by atoms with Gasteiger partial charge in [-0.3, -0.25) is 14.9 Å². The van der Waals surface area contributed by atoms with Gasteiger partial charge < -0.3 is 10.3 Å². The number of hydrogen-bond acceptors (Lipinski definition) is 6. The Bertz CT molecular complexity index is 1810. The maximum Gasteiger partial charge on any atom is 0.227 e. The third kappa shape index (κ3) is 4.03. The van der Waals surface area contributed by atoms with Crippen molar-refractivity contribution in [3.05, 3.63) is 66.2 Å². The van der Waals surface area contributed by atoms with Crippen molar-refractivity contribution in [1.29, 1.82) is 0 Å². The molecule has 3 N–H and O–H groups in total. The van der Waals surface area contributed by atoms with Gasteiger partial charge in [-0.2, -0.15) is 9.49 Å². The first-order valence-corrected chi connectivity index (χ1v) is 13.3. The highest BCUT2D eigenvalue weighted by atomic mass is 32.1. The van der Waals surface area contributed by atoms with Gasteiger partial charge in [0.15, 0.2) is 16.6 Å². The van der Waals surface area contributed by atoms with Gasteiger partial charge in [0.25, 0.3) is 0 Å². The number of aromatic amines is 2. The summed E-state index contributed by atoms with van der Waals surface area (Å²) < 4.78 is 13.7. The number of pyridine rings is 2. The van der Waals surface area contributed by atoms with Gasteiger partial charge in [-0.15, -0.1) is 11.3 Å². The van der Waals surface area contributed by atoms with Crippen LogP contribution in [0.1, 0.15) is 25.7 Å². The standard InChI is InChI=1S/C28H22FN7OS/c29-23-9-8-22(38-23)19-6-3-7-21-24(19)34-27(33-21)25-20-11-17(13-31-26(20)36-35-25)16-10-18(14-30-12-16)32-28(37)15-4-1-2-5-15/h3,6-15H,1-2,4-5H2,(H,32,37)(H,33,34)(H,31,35,36). The summed E-state index contributed by atoms with van der Waals surface area (Å²) in [6.45, 7) is 0. The zero-order valence-electron chi connectivity index (χ0n) is 20.2. The summed E-state index contributed by atoms with van der Waals surface area (Å²) in [7, 11) is 0. The Labute approximate surface area is 220 Å². The van der Waals surface area contributed by atoms with Crippen LogP contribution in [0, 0.1) is 11.0 Å². The summed E-state index contributed by atoms with van der Waals surface area (Å²) in [4.78, 5) is 30.5. The lowest BCUT2D eigenvalue weighted by Crippen LogP contribution is -2.20. The van der Waals surface area contributed by atoms with Gasteiger partial charge >= 0.3 is 0 Å². The second kappa shape index (κ2) is 9.14. The maximum atomic E-state index is 13.7. The van der Waals surface area contributed by atoms with Crippen LogP contribution in [0.3, 0.4) is 0 Å². The van der Waals surface area contributed by atoms with E-state index in [4.69, 9.17) is 4.98 Å². The Hall–Kier alpha value is -4.44. The topological polar surface area (TPSA) is 112 Å². The monoisotopic (exact) mass is 523 g/mol. The van der Waals surface area contributed by atoms with E-state index in [1.165, 1.54) is 6.07 Å². The van der Waals surface area contributed by atoms with E-state index in [1.54, 1.807) is 24.7 Å². The Morgan fingerprint density at radius 3 is 2.76 bits per heavy atom. The fourth-order valence-electron chi connectivity index (χ4n) is 5.14. The number of nitrogens with zero attached hydrogens (tertiary/aromatic N) is 4. The number of halogens is 1. The van der Waals surface area contributed by atoms with Crippen LogP contribution in [0.2, 0.25) is 0 Å². The average molecular weight is 524 g/mol. The molecule has 5 aromatic heterocycles. The molecule has 1 amide bonds. The van der Waals surface area contributed by atoms with Crippen LogP contribution in [0.4, 0.5) is 10.1 Å². The lowest BCUT2D eigenvalue weighted by atomic mass is 10.1. The molecule has 38 heavy (non-hydrogen) atoms. The number of thiophene rings is 1. The van der Waals surface area contributed by atoms with Crippen molar-refractivity contribution in [3.8, 4) is 33.1 Å². The van der Waals surface area contributed by atoms with E-state index >= 15 is 0 Å². The van der Waals surface area contributed by atoms with Crippen molar-refractivity contribution in [3.63, 3.8) is 0 Å². The number of aromatic nitrogens is 6. The average Bonchev–Trinajstić information content (AvgIpc) is 3.74. The van der Waals surface area contributed by atoms with E-state index in [0.717, 1.165) is 75.0 Å². The molecule has 10 heteroatoms. The molecule has 1 aliphatic carbocycles. The maximum absolute atomic E-state index is 13.7. The summed E-state index contributed by atoms with van der Waals surface area (Å²) in [5, 5.41) is 11.0. The van der Waals surface area contributed by atoms with Crippen LogP contribution in [0.15, 0.2) is 61.1 Å². The van der Waals surface area contributed by atoms with Gasteiger partial charge in [-0.1, -0.05) is 25.0 Å². The lowest BCUT2D eigenvalue weighted by molar-refractivity contribution is -0.119. The molecular weight excluding hydrogens is 501 g/mol. The van der Waals surface area contributed by atoms with E-state index in [0.29, 0.717) is 22.9 Å². The van der Waals surface area contributed by atoms with Crippen LogP contribution in [-0.4, -0.2) is 36.0 Å². The number of nitrogens with one attached hydrogen (secondary N) is 3. The molecule has 6 aromatic rings. The van der Waals surface area contributed by atoms with Crippen molar-refractivity contribution in [2.24, 2.45) is 5.92 Å². The van der Waals surface area contributed by atoms with E-state index in [-0.39, 0.29) is 17.0 Å². The smallest absolute Gasteiger partial charge is 0.227 e. The van der Waals surface area contributed by atoms with Gasteiger partial charge in [0.1, 0.15) is 5.69 Å². The van der Waals surface area contributed by atoms with Gasteiger partial charge in [0, 0.05) is 39.9 Å². The Morgan fingerprint density at radius 2 is 1.92 bits per heavy atom. The molecule has 0 atom stereocenters. The van der Waals surface area contributed by atoms with Crippen LogP contribution >= 0.6 is 11.3 Å². The van der Waals surface area contributed by atoms with Crippen LogP contribution in [-0.2, 0) is 4.79 Å². The largest absolute Gasteiger partial charge is 0.337 e. The van der Waals surface area contributed by atoms with Crippen LogP contribution in [0.25, 0.3) is 55.2 Å². The van der Waals surface area contributed by atoms with Crippen molar-refractivity contribution in [2.45, 2.75) is 25.7 Å². The Kier molecular flexibility index (Phi) is 5.47. The molecule has 188 valence electrons. The fourth-order valence-corrected chi connectivity index (χ4v) is 5.90. The minimum atomic E-state index is -0.234. The summed E-state index contributed by atoms with van der Waals surface area (Å²) in [6.07, 6.45) is 9.25. The minimum Gasteiger partial charge on any atom is -0.337 e. The molecule has 7 rings (SSSR count). The molecule has 0 unspecified atom stereocenters. The number of benzene rings is 1. The minimum absolute atomic E-state index is 0.0571. The molecule has 1 aromatic carbocycles. The first-order chi connectivity index (χ1) is 18.6. The first kappa shape index (κ1) is 22.7. The third-order valence-corrected chi connectivity index (χ3v) is 7.97. The molecule has 0 radical (unpaired) electrons. The molecule has 0 saturated heterocycles. The van der Waals surface area contributed by atoms with Crippen LogP contribution < -0.4 is 5.32 Å². The molecular formula is C28H22FN7OS. The number of carbonyl (C=O) groups excluding carboxylic acids is 1. The van der Waals surface area contributed by atoms with Gasteiger partial charge in [-0.25, -0.2) is 9.97 Å². The van der Waals surface area contributed by atoms with Crippen molar-refractivity contribution < 1.29 is 9.18 Å². The highest BCUT2D eigenvalue weighted by molar-refractivity contribution is 7.14. The number of carbonyl (C=O) groups is 1. The first-order valence-electron chi connectivity index (χ1n) is 12.5. The summed E-state index contributed by atoms with van der Waals surface area (Å²) in [5.74, 6) is 0.747. The Balaban J connectivity index is 1.24. The highest BCUT2D eigenvalue weighted by Crippen LogP contribution is 2.35. The summed E-state index contributed by atoms with van der Waals surface area (Å²) in [6, 6.07) is 12.9. The number of fused-ring (bicyclic) bond motifs is 2. The van der Waals surface area contributed by atoms with E-state index in [9.17, 15) is 9.18 Å². The highest BCUT2D eigenvalue weighted by Gasteiger charge is 2.23. The second-order valence-corrected chi connectivity index (χ2v) is 10.6. The number of para-hydroxylation sites is 1. The van der Waals surface area contributed by atoms with E-state index in [1.807, 2.05) is 30.3 Å². The lowest BCUT2D eigenvalue weighted by Gasteiger charge is -2.11. The molecule has 1 aliphatic rings. The third-order valence-electron chi connectivity index (χ3n) is 7.06. The number of H-pyrrole nitrogens is 2. The van der Waals surface area contributed by atoms with E-state index in [2.05, 4.69) is 30.5 Å². The van der Waals surface area contributed by atoms with Crippen molar-refractivity contribution in [2.75, 3.05) is 5.32 Å². The fraction of sp³-hybridized carbons (Fsp3) is 0.179. The normalized spacial score (nSPS) is 14.0. The quantitative estimate of drug-likeness (QED) is 0.237. The predicted octanol–water partition coefficient (Wildman–Crippen LogP) is 6.56. The number of imidazole rings is 1. The molecule has 0 aliphatic heterocycles.